The Morgan fingerprint density at radius 3 is 2.25 bits per heavy atom. The van der Waals surface area contributed by atoms with Crippen LogP contribution in [0.3, 0.4) is 0 Å². The van der Waals surface area contributed by atoms with Gasteiger partial charge >= 0.3 is 6.03 Å². The van der Waals surface area contributed by atoms with Crippen molar-refractivity contribution in [1.29, 1.82) is 0 Å². The molecule has 0 aliphatic carbocycles. The Bertz CT molecular complexity index is 976. The molecule has 0 radical (unpaired) electrons. The Morgan fingerprint density at radius 2 is 1.66 bits per heavy atom. The molecule has 32 heavy (non-hydrogen) atoms. The molecule has 0 saturated carbocycles. The van der Waals surface area contributed by atoms with Crippen molar-refractivity contribution in [1.82, 2.24) is 15.5 Å². The zero-order valence-corrected chi connectivity index (χ0v) is 18.7. The Labute approximate surface area is 188 Å². The third-order valence-corrected chi connectivity index (χ3v) is 5.78. The van der Waals surface area contributed by atoms with Gasteiger partial charge in [-0.2, -0.15) is 0 Å². The van der Waals surface area contributed by atoms with Gasteiger partial charge in [0.2, 0.25) is 0 Å². The monoisotopic (exact) mass is 437 g/mol. The summed E-state index contributed by atoms with van der Waals surface area (Å²) in [5, 5.41) is 5.81. The Hall–Kier alpha value is -3.36. The van der Waals surface area contributed by atoms with Gasteiger partial charge in [0.1, 0.15) is 6.17 Å². The summed E-state index contributed by atoms with van der Waals surface area (Å²) in [5.74, 6) is -0.302. The number of carbonyl (C=O) groups excluding carboxylic acids is 2. The first-order valence-corrected chi connectivity index (χ1v) is 10.5. The van der Waals surface area contributed by atoms with Gasteiger partial charge in [-0.25, -0.2) is 4.79 Å². The first-order valence-electron chi connectivity index (χ1n) is 10.5. The molecule has 0 bridgehead atoms. The van der Waals surface area contributed by atoms with Crippen LogP contribution in [0.4, 0.5) is 4.79 Å². The number of ether oxygens (including phenoxy) is 1. The maximum absolute atomic E-state index is 13.2. The van der Waals surface area contributed by atoms with E-state index in [0.29, 0.717) is 23.4 Å². The number of nitrogens with one attached hydrogen (secondary N) is 2. The molecule has 3 amide bonds. The van der Waals surface area contributed by atoms with Crippen LogP contribution in [-0.4, -0.2) is 48.8 Å². The molecule has 1 aliphatic rings. The molecule has 3 rings (SSSR count). The molecular formula is C24H31N5O3. The Kier molecular flexibility index (Phi) is 7.17. The highest BCUT2D eigenvalue weighted by Crippen LogP contribution is 2.32. The van der Waals surface area contributed by atoms with Crippen molar-refractivity contribution >= 4 is 11.9 Å². The number of nitrogens with two attached hydrogens (primary N) is 2. The van der Waals surface area contributed by atoms with Gasteiger partial charge in [0.25, 0.3) is 5.91 Å². The van der Waals surface area contributed by atoms with Crippen LogP contribution >= 0.6 is 0 Å². The third kappa shape index (κ3) is 4.92. The van der Waals surface area contributed by atoms with Crippen LogP contribution in [0.2, 0.25) is 0 Å². The summed E-state index contributed by atoms with van der Waals surface area (Å²) in [6.45, 7) is 4.24. The van der Waals surface area contributed by atoms with Gasteiger partial charge in [-0.3, -0.25) is 4.79 Å². The maximum Gasteiger partial charge on any atom is 0.319 e. The van der Waals surface area contributed by atoms with E-state index in [1.54, 1.807) is 36.3 Å². The number of carbonyl (C=O) groups is 2. The van der Waals surface area contributed by atoms with E-state index in [1.165, 1.54) is 0 Å². The fraction of sp³-hybridized carbons (Fsp3) is 0.333. The van der Waals surface area contributed by atoms with Crippen molar-refractivity contribution in [2.75, 3.05) is 20.3 Å². The second-order valence-corrected chi connectivity index (χ2v) is 8.27. The largest absolute Gasteiger partial charge is 0.400 e. The normalized spacial score (nSPS) is 17.1. The molecule has 1 aliphatic heterocycles. The summed E-state index contributed by atoms with van der Waals surface area (Å²) < 4.78 is 5.30. The molecular weight excluding hydrogens is 406 g/mol. The predicted octanol–water partition coefficient (Wildman–Crippen LogP) is 2.11. The van der Waals surface area contributed by atoms with Crippen LogP contribution in [0.1, 0.15) is 35.8 Å². The predicted molar refractivity (Wildman–Crippen MR) is 123 cm³/mol. The Balaban J connectivity index is 1.73. The van der Waals surface area contributed by atoms with E-state index >= 15 is 0 Å². The van der Waals surface area contributed by atoms with Crippen molar-refractivity contribution in [2.45, 2.75) is 31.6 Å². The molecule has 170 valence electrons. The van der Waals surface area contributed by atoms with Gasteiger partial charge in [0.05, 0.1) is 18.2 Å². The van der Waals surface area contributed by atoms with Crippen LogP contribution in [0.5, 0.6) is 0 Å². The van der Waals surface area contributed by atoms with E-state index in [2.05, 4.69) is 10.6 Å². The maximum atomic E-state index is 13.2. The number of rotatable bonds is 7. The molecule has 8 nitrogen and oxygen atoms in total. The summed E-state index contributed by atoms with van der Waals surface area (Å²) in [6, 6.07) is 17.8. The van der Waals surface area contributed by atoms with Crippen LogP contribution in [0.25, 0.3) is 0 Å². The van der Waals surface area contributed by atoms with Gasteiger partial charge in [0, 0.05) is 30.5 Å². The summed E-state index contributed by atoms with van der Waals surface area (Å²) in [4.78, 5) is 27.4. The van der Waals surface area contributed by atoms with E-state index in [4.69, 9.17) is 16.2 Å². The van der Waals surface area contributed by atoms with Gasteiger partial charge in [-0.15, -0.1) is 0 Å². The molecule has 2 aromatic carbocycles. The van der Waals surface area contributed by atoms with Crippen LogP contribution in [0.15, 0.2) is 71.9 Å². The van der Waals surface area contributed by atoms with E-state index in [-0.39, 0.29) is 24.5 Å². The average molecular weight is 438 g/mol. The quantitative estimate of drug-likeness (QED) is 0.494. The van der Waals surface area contributed by atoms with Gasteiger partial charge in [-0.05, 0) is 31.5 Å². The number of nitrogens with zero attached hydrogens (tertiary/aromatic N) is 1. The molecule has 2 aromatic rings. The molecule has 1 heterocycles. The fourth-order valence-corrected chi connectivity index (χ4v) is 3.78. The summed E-state index contributed by atoms with van der Waals surface area (Å²) in [5.41, 5.74) is 14.4. The SMILES string of the molecule is COC[C@@H](NC(=O)N1CC(C(N)NC(=O)c2ccccc2)=C(N)C1(C)C)c1ccccc1. The zero-order valence-electron chi connectivity index (χ0n) is 18.7. The standard InChI is InChI=1S/C24H31N5O3/c1-24(2)20(25)18(21(26)28-22(30)17-12-8-5-9-13-17)14-29(24)23(31)27-19(15-32-3)16-10-6-4-7-11-16/h4-13,19,21H,14-15,25-26H2,1-3H3,(H,27,31)(H,28,30)/t19-,21?/m1/s1. The number of urea groups is 1. The van der Waals surface area contributed by atoms with E-state index in [1.807, 2.05) is 50.2 Å². The zero-order chi connectivity index (χ0) is 23.3. The molecule has 8 heteroatoms. The molecule has 0 aromatic heterocycles. The lowest BCUT2D eigenvalue weighted by Gasteiger charge is -2.34. The summed E-state index contributed by atoms with van der Waals surface area (Å²) >= 11 is 0. The second kappa shape index (κ2) is 9.84. The lowest BCUT2D eigenvalue weighted by atomic mass is 9.99. The number of amides is 3. The molecule has 0 fully saturated rings. The van der Waals surface area contributed by atoms with E-state index < -0.39 is 11.7 Å². The molecule has 0 spiro atoms. The molecule has 2 atom stereocenters. The summed E-state index contributed by atoms with van der Waals surface area (Å²) in [6.07, 6.45) is -0.816. The number of hydrogen-bond acceptors (Lipinski definition) is 5. The number of benzene rings is 2. The first-order chi connectivity index (χ1) is 15.3. The van der Waals surface area contributed by atoms with Crippen molar-refractivity contribution < 1.29 is 14.3 Å². The smallest absolute Gasteiger partial charge is 0.319 e. The third-order valence-electron chi connectivity index (χ3n) is 5.78. The van der Waals surface area contributed by atoms with Gasteiger partial charge < -0.3 is 31.7 Å². The first kappa shape index (κ1) is 23.3. The molecule has 0 saturated heterocycles. The lowest BCUT2D eigenvalue weighted by Crippen LogP contribution is -2.52. The average Bonchev–Trinajstić information content (AvgIpc) is 3.03. The minimum Gasteiger partial charge on any atom is -0.400 e. The van der Waals surface area contributed by atoms with Crippen molar-refractivity contribution in [3.8, 4) is 0 Å². The van der Waals surface area contributed by atoms with E-state index in [9.17, 15) is 9.59 Å². The molecule has 6 N–H and O–H groups in total. The highest BCUT2D eigenvalue weighted by Gasteiger charge is 2.43. The van der Waals surface area contributed by atoms with E-state index in [0.717, 1.165) is 5.56 Å². The highest BCUT2D eigenvalue weighted by atomic mass is 16.5. The Morgan fingerprint density at radius 1 is 1.06 bits per heavy atom. The topological polar surface area (TPSA) is 123 Å². The van der Waals surface area contributed by atoms with Crippen LogP contribution < -0.4 is 22.1 Å². The highest BCUT2D eigenvalue weighted by molar-refractivity contribution is 5.94. The van der Waals surface area contributed by atoms with Crippen molar-refractivity contribution in [3.63, 3.8) is 0 Å². The minimum absolute atomic E-state index is 0.204. The van der Waals surface area contributed by atoms with Crippen molar-refractivity contribution in [3.05, 3.63) is 83.1 Å². The van der Waals surface area contributed by atoms with Gasteiger partial charge in [-0.1, -0.05) is 48.5 Å². The lowest BCUT2D eigenvalue weighted by molar-refractivity contribution is 0.0943. The second-order valence-electron chi connectivity index (χ2n) is 8.27. The number of hydrogen-bond donors (Lipinski definition) is 4. The van der Waals surface area contributed by atoms with Crippen LogP contribution in [-0.2, 0) is 4.74 Å². The minimum atomic E-state index is -0.816. The number of methoxy groups -OCH3 is 1. The van der Waals surface area contributed by atoms with Crippen LogP contribution in [0, 0.1) is 0 Å². The summed E-state index contributed by atoms with van der Waals surface area (Å²) in [7, 11) is 1.59. The molecule has 1 unspecified atom stereocenters. The van der Waals surface area contributed by atoms with Crippen molar-refractivity contribution in [2.24, 2.45) is 11.5 Å². The fourth-order valence-electron chi connectivity index (χ4n) is 3.78. The van der Waals surface area contributed by atoms with Gasteiger partial charge in [0.15, 0.2) is 0 Å².